The minimum atomic E-state index is -0.476. The van der Waals surface area contributed by atoms with Crippen LogP contribution in [0.4, 0.5) is 5.13 Å². The van der Waals surface area contributed by atoms with E-state index in [0.717, 1.165) is 19.9 Å². The van der Waals surface area contributed by atoms with Crippen molar-refractivity contribution in [1.29, 1.82) is 0 Å². The first-order chi connectivity index (χ1) is 12.6. The predicted octanol–water partition coefficient (Wildman–Crippen LogP) is 2.97. The summed E-state index contributed by atoms with van der Waals surface area (Å²) < 4.78 is 2.83. The van der Waals surface area contributed by atoms with Gasteiger partial charge in [0.15, 0.2) is 5.13 Å². The van der Waals surface area contributed by atoms with E-state index in [1.807, 2.05) is 16.8 Å². The summed E-state index contributed by atoms with van der Waals surface area (Å²) in [4.78, 5) is 29.7. The Balaban J connectivity index is 1.45. The molecule has 0 aliphatic carbocycles. The first-order valence-electron chi connectivity index (χ1n) is 7.18. The molecule has 0 aliphatic heterocycles. The van der Waals surface area contributed by atoms with Crippen molar-refractivity contribution in [1.82, 2.24) is 24.8 Å². The highest BCUT2D eigenvalue weighted by Gasteiger charge is 2.14. The summed E-state index contributed by atoms with van der Waals surface area (Å²) in [6.07, 6.45) is 0. The van der Waals surface area contributed by atoms with Crippen molar-refractivity contribution in [3.05, 3.63) is 49.8 Å². The monoisotopic (exact) mass is 424 g/mol. The normalized spacial score (nSPS) is 11.0. The average Bonchev–Trinajstić information content (AvgIpc) is 3.36. The molecule has 12 heteroatoms. The van der Waals surface area contributed by atoms with Crippen LogP contribution in [0.25, 0.3) is 15.6 Å². The van der Waals surface area contributed by atoms with Crippen molar-refractivity contribution < 1.29 is 4.79 Å². The van der Waals surface area contributed by atoms with Crippen LogP contribution in [0.2, 0.25) is 4.34 Å². The van der Waals surface area contributed by atoms with Gasteiger partial charge in [-0.2, -0.15) is 9.36 Å². The Labute approximate surface area is 163 Å². The maximum Gasteiger partial charge on any atom is 0.369 e. The molecular formula is C14H9ClN6O2S3. The van der Waals surface area contributed by atoms with Gasteiger partial charge in [-0.1, -0.05) is 11.6 Å². The highest BCUT2D eigenvalue weighted by atomic mass is 35.5. The van der Waals surface area contributed by atoms with Crippen molar-refractivity contribution in [2.45, 2.75) is 6.54 Å². The fourth-order valence-electron chi connectivity index (χ4n) is 2.09. The largest absolute Gasteiger partial charge is 0.369 e. The number of nitrogens with zero attached hydrogens (tertiary/aromatic N) is 5. The number of thiazole rings is 1. The summed E-state index contributed by atoms with van der Waals surface area (Å²) in [5.41, 5.74) is 0.263. The van der Waals surface area contributed by atoms with Gasteiger partial charge in [-0.25, -0.2) is 9.78 Å². The number of anilines is 1. The third kappa shape index (κ3) is 3.46. The molecule has 132 valence electrons. The number of amides is 1. The molecule has 0 unspecified atom stereocenters. The van der Waals surface area contributed by atoms with Crippen molar-refractivity contribution in [2.75, 3.05) is 5.32 Å². The number of aromatic nitrogens is 5. The molecule has 1 N–H and O–H groups in total. The van der Waals surface area contributed by atoms with Gasteiger partial charge in [-0.3, -0.25) is 4.79 Å². The number of hydrogen-bond acceptors (Lipinski definition) is 8. The maximum absolute atomic E-state index is 12.3. The van der Waals surface area contributed by atoms with Crippen LogP contribution in [-0.2, 0) is 11.3 Å². The zero-order chi connectivity index (χ0) is 18.1. The van der Waals surface area contributed by atoms with Gasteiger partial charge in [0.05, 0.1) is 14.9 Å². The molecule has 0 bridgehead atoms. The van der Waals surface area contributed by atoms with Crippen LogP contribution in [0.15, 0.2) is 39.8 Å². The van der Waals surface area contributed by atoms with Crippen LogP contribution in [0.3, 0.4) is 0 Å². The number of carbonyl (C=O) groups excluding carboxylic acids is 1. The lowest BCUT2D eigenvalue weighted by Gasteiger charge is -1.99. The molecule has 0 fully saturated rings. The Morgan fingerprint density at radius 3 is 2.85 bits per heavy atom. The molecule has 1 amide bonds. The molecule has 0 saturated heterocycles. The SMILES string of the molecule is O=C(Cn1nnn(-c2cccs2)c1=O)Nc1nc(-c2ccc(Cl)s2)cs1. The molecule has 0 atom stereocenters. The zero-order valence-electron chi connectivity index (χ0n) is 12.8. The Morgan fingerprint density at radius 1 is 1.23 bits per heavy atom. The minimum absolute atomic E-state index is 0.246. The second-order valence-electron chi connectivity index (χ2n) is 4.97. The van der Waals surface area contributed by atoms with Gasteiger partial charge in [0.1, 0.15) is 11.5 Å². The molecule has 0 aliphatic rings. The summed E-state index contributed by atoms with van der Waals surface area (Å²) in [5, 5.41) is 14.9. The summed E-state index contributed by atoms with van der Waals surface area (Å²) in [7, 11) is 0. The van der Waals surface area contributed by atoms with Gasteiger partial charge in [-0.05, 0) is 40.1 Å². The van der Waals surface area contributed by atoms with Crippen LogP contribution in [0.5, 0.6) is 0 Å². The van der Waals surface area contributed by atoms with Crippen LogP contribution in [0.1, 0.15) is 0 Å². The second kappa shape index (κ2) is 7.11. The topological polar surface area (TPSA) is 94.7 Å². The summed E-state index contributed by atoms with van der Waals surface area (Å²) in [5.74, 6) is -0.407. The highest BCUT2D eigenvalue weighted by molar-refractivity contribution is 7.20. The molecule has 8 nitrogen and oxygen atoms in total. The highest BCUT2D eigenvalue weighted by Crippen LogP contribution is 2.32. The van der Waals surface area contributed by atoms with Crippen LogP contribution >= 0.6 is 45.6 Å². The van der Waals surface area contributed by atoms with E-state index < -0.39 is 11.6 Å². The Morgan fingerprint density at radius 2 is 2.12 bits per heavy atom. The lowest BCUT2D eigenvalue weighted by atomic mass is 10.4. The Kier molecular flexibility index (Phi) is 4.68. The second-order valence-corrected chi connectivity index (χ2v) is 8.47. The van der Waals surface area contributed by atoms with E-state index in [9.17, 15) is 9.59 Å². The number of halogens is 1. The van der Waals surface area contributed by atoms with Crippen molar-refractivity contribution in [3.63, 3.8) is 0 Å². The standard InChI is InChI=1S/C14H9ClN6O2S3/c15-10-4-3-9(26-10)8-7-25-13(16-8)17-11(22)6-20-14(23)21(19-18-20)12-2-1-5-24-12/h1-5,7H,6H2,(H,16,17,22). The molecule has 4 aromatic heterocycles. The summed E-state index contributed by atoms with van der Waals surface area (Å²) in [6.45, 7) is -0.246. The Bertz CT molecular complexity index is 1110. The van der Waals surface area contributed by atoms with Gasteiger partial charge >= 0.3 is 5.69 Å². The van der Waals surface area contributed by atoms with Gasteiger partial charge in [0, 0.05) is 5.38 Å². The zero-order valence-corrected chi connectivity index (χ0v) is 16.0. The number of nitrogens with one attached hydrogen (secondary N) is 1. The molecule has 0 aromatic carbocycles. The summed E-state index contributed by atoms with van der Waals surface area (Å²) >= 11 is 9.98. The average molecular weight is 425 g/mol. The molecule has 4 aromatic rings. The lowest BCUT2D eigenvalue weighted by Crippen LogP contribution is -2.29. The maximum atomic E-state index is 12.3. The van der Waals surface area contributed by atoms with E-state index in [0.29, 0.717) is 14.5 Å². The number of tetrazole rings is 1. The van der Waals surface area contributed by atoms with E-state index in [1.165, 1.54) is 34.0 Å². The van der Waals surface area contributed by atoms with Crippen molar-refractivity contribution in [2.24, 2.45) is 0 Å². The van der Waals surface area contributed by atoms with Crippen molar-refractivity contribution >= 4 is 56.7 Å². The molecular weight excluding hydrogens is 416 g/mol. The molecule has 26 heavy (non-hydrogen) atoms. The molecule has 0 spiro atoms. The number of hydrogen-bond donors (Lipinski definition) is 1. The third-order valence-corrected chi connectivity index (χ3v) is 6.08. The smallest absolute Gasteiger partial charge is 0.300 e. The van der Waals surface area contributed by atoms with E-state index in [-0.39, 0.29) is 6.54 Å². The first-order valence-corrected chi connectivity index (χ1v) is 10.1. The van der Waals surface area contributed by atoms with E-state index >= 15 is 0 Å². The third-order valence-electron chi connectivity index (χ3n) is 3.22. The van der Waals surface area contributed by atoms with Gasteiger partial charge in [0.2, 0.25) is 5.91 Å². The van der Waals surface area contributed by atoms with Gasteiger partial charge in [0.25, 0.3) is 0 Å². The van der Waals surface area contributed by atoms with Crippen LogP contribution < -0.4 is 11.0 Å². The number of carbonyl (C=O) groups is 1. The van der Waals surface area contributed by atoms with Gasteiger partial charge in [-0.15, -0.1) is 34.0 Å². The van der Waals surface area contributed by atoms with Crippen LogP contribution in [-0.4, -0.2) is 30.7 Å². The van der Waals surface area contributed by atoms with Crippen molar-refractivity contribution in [3.8, 4) is 15.6 Å². The van der Waals surface area contributed by atoms with Gasteiger partial charge < -0.3 is 5.32 Å². The summed E-state index contributed by atoms with van der Waals surface area (Å²) in [6, 6.07) is 7.22. The number of thiophene rings is 2. The molecule has 0 saturated carbocycles. The number of rotatable bonds is 5. The quantitative estimate of drug-likeness (QED) is 0.531. The lowest BCUT2D eigenvalue weighted by molar-refractivity contribution is -0.117. The predicted molar refractivity (Wildman–Crippen MR) is 103 cm³/mol. The van der Waals surface area contributed by atoms with Crippen LogP contribution in [0, 0.1) is 0 Å². The van der Waals surface area contributed by atoms with E-state index in [4.69, 9.17) is 11.6 Å². The fourth-order valence-corrected chi connectivity index (χ4v) is 4.57. The fraction of sp³-hybridized carbons (Fsp3) is 0.0714. The first kappa shape index (κ1) is 17.1. The molecule has 0 radical (unpaired) electrons. The van der Waals surface area contributed by atoms with E-state index in [2.05, 4.69) is 20.7 Å². The Hall–Kier alpha value is -2.34. The van der Waals surface area contributed by atoms with E-state index in [1.54, 1.807) is 18.2 Å². The minimum Gasteiger partial charge on any atom is -0.300 e. The molecule has 4 heterocycles. The molecule has 4 rings (SSSR count).